The van der Waals surface area contributed by atoms with Gasteiger partial charge < -0.3 is 9.84 Å². The summed E-state index contributed by atoms with van der Waals surface area (Å²) in [5.74, 6) is 0.252. The minimum Gasteiger partial charge on any atom is -0.504 e. The van der Waals surface area contributed by atoms with Crippen molar-refractivity contribution < 1.29 is 9.84 Å². The molecule has 112 valence electrons. The first-order valence-corrected chi connectivity index (χ1v) is 6.53. The summed E-state index contributed by atoms with van der Waals surface area (Å²) >= 11 is 0. The Bertz CT molecular complexity index is 845. The molecule has 1 heterocycles. The predicted octanol–water partition coefficient (Wildman–Crippen LogP) is 1.93. The third-order valence-electron chi connectivity index (χ3n) is 3.23. The van der Waals surface area contributed by atoms with Gasteiger partial charge in [-0.05, 0) is 37.6 Å². The first-order chi connectivity index (χ1) is 10.5. The predicted molar refractivity (Wildman–Crippen MR) is 82.5 cm³/mol. The molecule has 2 rings (SSSR count). The Labute approximate surface area is 127 Å². The number of benzene rings is 1. The van der Waals surface area contributed by atoms with E-state index in [4.69, 9.17) is 10.00 Å². The van der Waals surface area contributed by atoms with Crippen LogP contribution in [0.5, 0.6) is 11.5 Å². The second-order valence-corrected chi connectivity index (χ2v) is 4.72. The summed E-state index contributed by atoms with van der Waals surface area (Å²) in [5, 5.41) is 23.1. The highest BCUT2D eigenvalue weighted by Gasteiger charge is 2.10. The maximum atomic E-state index is 12.2. The Morgan fingerprint density at radius 2 is 2.14 bits per heavy atom. The molecule has 22 heavy (non-hydrogen) atoms. The number of nitriles is 1. The minimum atomic E-state index is -0.487. The third-order valence-corrected chi connectivity index (χ3v) is 3.23. The Hall–Kier alpha value is -3.07. The van der Waals surface area contributed by atoms with Crippen LogP contribution in [-0.4, -0.2) is 23.1 Å². The highest BCUT2D eigenvalue weighted by atomic mass is 16.5. The molecule has 6 nitrogen and oxygen atoms in total. The summed E-state index contributed by atoms with van der Waals surface area (Å²) in [6, 6.07) is 8.55. The van der Waals surface area contributed by atoms with Gasteiger partial charge in [-0.3, -0.25) is 4.79 Å². The number of rotatable bonds is 3. The molecule has 0 aliphatic heterocycles. The number of hydrogen-bond donors (Lipinski definition) is 1. The summed E-state index contributed by atoms with van der Waals surface area (Å²) in [6.07, 6.45) is 1.35. The molecule has 0 unspecified atom stereocenters. The molecule has 0 atom stereocenters. The molecule has 0 aliphatic carbocycles. The molecule has 1 aromatic carbocycles. The van der Waals surface area contributed by atoms with Crippen LogP contribution in [0.25, 0.3) is 0 Å². The average molecular weight is 297 g/mol. The summed E-state index contributed by atoms with van der Waals surface area (Å²) in [6.45, 7) is 3.42. The number of aromatic nitrogens is 1. The van der Waals surface area contributed by atoms with E-state index in [0.29, 0.717) is 22.6 Å². The van der Waals surface area contributed by atoms with E-state index < -0.39 is 5.56 Å². The van der Waals surface area contributed by atoms with Crippen molar-refractivity contribution in [2.24, 2.45) is 5.10 Å². The second kappa shape index (κ2) is 6.14. The quantitative estimate of drug-likeness (QED) is 0.877. The summed E-state index contributed by atoms with van der Waals surface area (Å²) in [4.78, 5) is 12.2. The highest BCUT2D eigenvalue weighted by molar-refractivity contribution is 5.84. The fourth-order valence-electron chi connectivity index (χ4n) is 2.09. The zero-order valence-corrected chi connectivity index (χ0v) is 12.5. The number of aryl methyl sites for hydroxylation is 2. The Morgan fingerprint density at radius 1 is 1.41 bits per heavy atom. The number of phenols is 1. The SMILES string of the molecule is COc1cccc(C=Nn2c(C)cc(C)c(C#N)c2=O)c1O. The molecule has 0 bridgehead atoms. The van der Waals surface area contributed by atoms with Gasteiger partial charge >= 0.3 is 0 Å². The van der Waals surface area contributed by atoms with E-state index in [1.54, 1.807) is 38.1 Å². The number of aromatic hydroxyl groups is 1. The van der Waals surface area contributed by atoms with Crippen LogP contribution in [0.2, 0.25) is 0 Å². The first kappa shape index (κ1) is 15.3. The number of ether oxygens (including phenoxy) is 1. The standard InChI is InChI=1S/C16H15N3O3/c1-10-7-11(2)19(16(21)13(10)8-17)18-9-12-5-4-6-14(22-3)15(12)20/h4-7,9,20H,1-3H3. The van der Waals surface area contributed by atoms with E-state index in [9.17, 15) is 9.90 Å². The maximum Gasteiger partial charge on any atom is 0.289 e. The minimum absolute atomic E-state index is 0.0533. The van der Waals surface area contributed by atoms with Crippen LogP contribution < -0.4 is 10.3 Å². The van der Waals surface area contributed by atoms with Gasteiger partial charge in [0, 0.05) is 11.3 Å². The van der Waals surface area contributed by atoms with E-state index in [1.807, 2.05) is 6.07 Å². The van der Waals surface area contributed by atoms with Gasteiger partial charge in [0.2, 0.25) is 0 Å². The van der Waals surface area contributed by atoms with Crippen LogP contribution in [-0.2, 0) is 0 Å². The Kier molecular flexibility index (Phi) is 4.28. The number of para-hydroxylation sites is 1. The fourth-order valence-corrected chi connectivity index (χ4v) is 2.09. The van der Waals surface area contributed by atoms with Crippen molar-refractivity contribution in [3.8, 4) is 17.6 Å². The molecule has 0 spiro atoms. The molecule has 1 N–H and O–H groups in total. The summed E-state index contributed by atoms with van der Waals surface area (Å²) in [5.41, 5.74) is 1.18. The molecule has 6 heteroatoms. The molecule has 0 saturated heterocycles. The topological polar surface area (TPSA) is 87.6 Å². The van der Waals surface area contributed by atoms with Gasteiger partial charge in [-0.2, -0.15) is 10.4 Å². The van der Waals surface area contributed by atoms with Crippen molar-refractivity contribution in [2.45, 2.75) is 13.8 Å². The van der Waals surface area contributed by atoms with Crippen molar-refractivity contribution in [1.82, 2.24) is 4.68 Å². The monoisotopic (exact) mass is 297 g/mol. The lowest BCUT2D eigenvalue weighted by molar-refractivity contribution is 0.373. The van der Waals surface area contributed by atoms with Crippen LogP contribution in [0.4, 0.5) is 0 Å². The molecule has 0 aliphatic rings. The summed E-state index contributed by atoms with van der Waals surface area (Å²) in [7, 11) is 1.45. The molecule has 0 radical (unpaired) electrons. The third kappa shape index (κ3) is 2.69. The van der Waals surface area contributed by atoms with Crippen LogP contribution in [0.15, 0.2) is 34.2 Å². The largest absolute Gasteiger partial charge is 0.504 e. The van der Waals surface area contributed by atoms with Crippen LogP contribution >= 0.6 is 0 Å². The van der Waals surface area contributed by atoms with E-state index in [-0.39, 0.29) is 11.3 Å². The normalized spacial score (nSPS) is 10.6. The highest BCUT2D eigenvalue weighted by Crippen LogP contribution is 2.28. The maximum absolute atomic E-state index is 12.2. The van der Waals surface area contributed by atoms with Crippen molar-refractivity contribution in [3.63, 3.8) is 0 Å². The van der Waals surface area contributed by atoms with Gasteiger partial charge in [0.15, 0.2) is 11.5 Å². The zero-order valence-electron chi connectivity index (χ0n) is 12.5. The Morgan fingerprint density at radius 3 is 2.77 bits per heavy atom. The van der Waals surface area contributed by atoms with E-state index in [1.165, 1.54) is 13.3 Å². The van der Waals surface area contributed by atoms with Crippen molar-refractivity contribution in [2.75, 3.05) is 7.11 Å². The zero-order chi connectivity index (χ0) is 16.3. The van der Waals surface area contributed by atoms with E-state index in [2.05, 4.69) is 5.10 Å². The molecule has 1 aromatic heterocycles. The molecule has 2 aromatic rings. The van der Waals surface area contributed by atoms with E-state index in [0.717, 1.165) is 4.68 Å². The first-order valence-electron chi connectivity index (χ1n) is 6.53. The van der Waals surface area contributed by atoms with Gasteiger partial charge in [-0.1, -0.05) is 6.07 Å². The molecule has 0 saturated carbocycles. The van der Waals surface area contributed by atoms with E-state index >= 15 is 0 Å². The van der Waals surface area contributed by atoms with Crippen molar-refractivity contribution in [3.05, 3.63) is 57.0 Å². The van der Waals surface area contributed by atoms with Crippen molar-refractivity contribution >= 4 is 6.21 Å². The van der Waals surface area contributed by atoms with Gasteiger partial charge in [0.25, 0.3) is 5.56 Å². The average Bonchev–Trinajstić information content (AvgIpc) is 2.48. The summed E-state index contributed by atoms with van der Waals surface area (Å²) < 4.78 is 6.14. The number of methoxy groups -OCH3 is 1. The lowest BCUT2D eigenvalue weighted by Crippen LogP contribution is -2.22. The van der Waals surface area contributed by atoms with Gasteiger partial charge in [0.1, 0.15) is 11.6 Å². The van der Waals surface area contributed by atoms with Gasteiger partial charge in [0.05, 0.1) is 13.3 Å². The van der Waals surface area contributed by atoms with Crippen LogP contribution in [0.3, 0.4) is 0 Å². The molecular weight excluding hydrogens is 282 g/mol. The lowest BCUT2D eigenvalue weighted by Gasteiger charge is -2.07. The fraction of sp³-hybridized carbons (Fsp3) is 0.188. The number of nitrogens with zero attached hydrogens (tertiary/aromatic N) is 3. The molecule has 0 amide bonds. The van der Waals surface area contributed by atoms with Crippen LogP contribution in [0, 0.1) is 25.2 Å². The molecular formula is C16H15N3O3. The smallest absolute Gasteiger partial charge is 0.289 e. The second-order valence-electron chi connectivity index (χ2n) is 4.72. The lowest BCUT2D eigenvalue weighted by atomic mass is 10.1. The van der Waals surface area contributed by atoms with Crippen LogP contribution in [0.1, 0.15) is 22.4 Å². The van der Waals surface area contributed by atoms with Crippen molar-refractivity contribution in [1.29, 1.82) is 5.26 Å². The molecule has 0 fully saturated rings. The van der Waals surface area contributed by atoms with Gasteiger partial charge in [-0.25, -0.2) is 4.68 Å². The number of phenolic OH excluding ortho intramolecular Hbond substituents is 1. The van der Waals surface area contributed by atoms with Gasteiger partial charge in [-0.15, -0.1) is 0 Å². The number of hydrogen-bond acceptors (Lipinski definition) is 5. The Balaban J connectivity index is 2.53. The number of pyridine rings is 1.